The molecule has 1 aliphatic rings. The number of nitrogens with zero attached hydrogens (tertiary/aromatic N) is 1. The van der Waals surface area contributed by atoms with Gasteiger partial charge in [0, 0.05) is 30.2 Å². The number of benzene rings is 1. The summed E-state index contributed by atoms with van der Waals surface area (Å²) in [6.07, 6.45) is 1.15. The molecule has 0 spiro atoms. The third-order valence-corrected chi connectivity index (χ3v) is 4.31. The highest BCUT2D eigenvalue weighted by molar-refractivity contribution is 7.09. The van der Waals surface area contributed by atoms with Gasteiger partial charge < -0.3 is 10.6 Å². The molecule has 0 saturated heterocycles. The predicted octanol–water partition coefficient (Wildman–Crippen LogP) is 2.71. The van der Waals surface area contributed by atoms with Gasteiger partial charge in [0.2, 0.25) is 0 Å². The fourth-order valence-electron chi connectivity index (χ4n) is 2.36. The number of rotatable bonds is 4. The maximum atomic E-state index is 4.27. The Labute approximate surface area is 111 Å². The molecule has 2 aromatic rings. The Hall–Kier alpha value is -1.39. The van der Waals surface area contributed by atoms with Gasteiger partial charge in [-0.3, -0.25) is 0 Å². The van der Waals surface area contributed by atoms with Crippen LogP contribution in [0.25, 0.3) is 0 Å². The number of fused-ring (bicyclic) bond motifs is 1. The normalized spacial score (nSPS) is 13.4. The summed E-state index contributed by atoms with van der Waals surface area (Å²) in [5.74, 6) is 0. The summed E-state index contributed by atoms with van der Waals surface area (Å²) in [5, 5.41) is 6.98. The SMILES string of the molecule is Cc1ncsc1CNCc1cccc2c1NCC2. The van der Waals surface area contributed by atoms with Crippen LogP contribution in [0.3, 0.4) is 0 Å². The quantitative estimate of drug-likeness (QED) is 0.886. The Morgan fingerprint density at radius 3 is 3.17 bits per heavy atom. The van der Waals surface area contributed by atoms with E-state index in [4.69, 9.17) is 0 Å². The summed E-state index contributed by atoms with van der Waals surface area (Å²) >= 11 is 1.72. The molecule has 0 amide bonds. The molecular formula is C14H17N3S. The lowest BCUT2D eigenvalue weighted by molar-refractivity contribution is 0.698. The summed E-state index contributed by atoms with van der Waals surface area (Å²) in [7, 11) is 0. The molecule has 4 heteroatoms. The van der Waals surface area contributed by atoms with Crippen molar-refractivity contribution < 1.29 is 0 Å². The van der Waals surface area contributed by atoms with E-state index in [1.165, 1.54) is 21.7 Å². The van der Waals surface area contributed by atoms with Gasteiger partial charge in [-0.25, -0.2) is 4.98 Å². The van der Waals surface area contributed by atoms with Gasteiger partial charge in [-0.2, -0.15) is 0 Å². The fraction of sp³-hybridized carbons (Fsp3) is 0.357. The van der Waals surface area contributed by atoms with Gasteiger partial charge in [0.05, 0.1) is 11.2 Å². The molecule has 0 radical (unpaired) electrons. The number of hydrogen-bond donors (Lipinski definition) is 2. The highest BCUT2D eigenvalue weighted by atomic mass is 32.1. The van der Waals surface area contributed by atoms with Crippen molar-refractivity contribution in [2.75, 3.05) is 11.9 Å². The minimum atomic E-state index is 0.903. The monoisotopic (exact) mass is 259 g/mol. The van der Waals surface area contributed by atoms with E-state index in [1.807, 2.05) is 5.51 Å². The summed E-state index contributed by atoms with van der Waals surface area (Å²) in [6.45, 7) is 4.95. The summed E-state index contributed by atoms with van der Waals surface area (Å²) < 4.78 is 0. The first kappa shape index (κ1) is 11.7. The van der Waals surface area contributed by atoms with Crippen molar-refractivity contribution in [1.29, 1.82) is 0 Å². The van der Waals surface area contributed by atoms with Crippen LogP contribution in [-0.2, 0) is 19.5 Å². The first-order chi connectivity index (χ1) is 8.84. The second-order valence-corrected chi connectivity index (χ2v) is 5.53. The third-order valence-electron chi connectivity index (χ3n) is 3.38. The van der Waals surface area contributed by atoms with Crippen molar-refractivity contribution in [2.45, 2.75) is 26.4 Å². The molecule has 1 aromatic heterocycles. The van der Waals surface area contributed by atoms with Crippen LogP contribution in [0.2, 0.25) is 0 Å². The van der Waals surface area contributed by atoms with Crippen LogP contribution in [0.5, 0.6) is 0 Å². The molecule has 2 N–H and O–H groups in total. The van der Waals surface area contributed by atoms with Crippen LogP contribution in [0.4, 0.5) is 5.69 Å². The van der Waals surface area contributed by atoms with Crippen molar-refractivity contribution in [3.05, 3.63) is 45.4 Å². The van der Waals surface area contributed by atoms with Crippen molar-refractivity contribution in [3.8, 4) is 0 Å². The fourth-order valence-corrected chi connectivity index (χ4v) is 3.11. The largest absolute Gasteiger partial charge is 0.384 e. The standard InChI is InChI=1S/C14H17N3S/c1-10-13(18-9-17-10)8-15-7-12-4-2-3-11-5-6-16-14(11)12/h2-4,9,15-16H,5-8H2,1H3. The summed E-state index contributed by atoms with van der Waals surface area (Å²) in [4.78, 5) is 5.60. The molecule has 18 heavy (non-hydrogen) atoms. The minimum Gasteiger partial charge on any atom is -0.384 e. The van der Waals surface area contributed by atoms with E-state index in [9.17, 15) is 0 Å². The Balaban J connectivity index is 1.64. The third kappa shape index (κ3) is 2.26. The number of hydrogen-bond acceptors (Lipinski definition) is 4. The van der Waals surface area contributed by atoms with Crippen LogP contribution < -0.4 is 10.6 Å². The van der Waals surface area contributed by atoms with Crippen molar-refractivity contribution in [3.63, 3.8) is 0 Å². The van der Waals surface area contributed by atoms with Crippen LogP contribution in [-0.4, -0.2) is 11.5 Å². The van der Waals surface area contributed by atoms with E-state index in [-0.39, 0.29) is 0 Å². The lowest BCUT2D eigenvalue weighted by atomic mass is 10.1. The van der Waals surface area contributed by atoms with E-state index >= 15 is 0 Å². The number of thiazole rings is 1. The zero-order valence-electron chi connectivity index (χ0n) is 10.5. The Bertz CT molecular complexity index is 548. The van der Waals surface area contributed by atoms with E-state index < -0.39 is 0 Å². The molecule has 0 atom stereocenters. The molecule has 94 valence electrons. The van der Waals surface area contributed by atoms with Crippen molar-refractivity contribution in [1.82, 2.24) is 10.3 Å². The minimum absolute atomic E-state index is 0.903. The predicted molar refractivity (Wildman–Crippen MR) is 76.0 cm³/mol. The second-order valence-electron chi connectivity index (χ2n) is 4.59. The highest BCUT2D eigenvalue weighted by Crippen LogP contribution is 2.26. The molecule has 3 rings (SSSR count). The Kier molecular flexibility index (Phi) is 3.30. The van der Waals surface area contributed by atoms with Crippen molar-refractivity contribution >= 4 is 17.0 Å². The number of aromatic nitrogens is 1. The molecule has 0 fully saturated rings. The van der Waals surface area contributed by atoms with Gasteiger partial charge in [-0.05, 0) is 24.5 Å². The van der Waals surface area contributed by atoms with Gasteiger partial charge >= 0.3 is 0 Å². The topological polar surface area (TPSA) is 37.0 Å². The van der Waals surface area contributed by atoms with Crippen LogP contribution >= 0.6 is 11.3 Å². The van der Waals surface area contributed by atoms with Crippen LogP contribution in [0, 0.1) is 6.92 Å². The molecule has 2 heterocycles. The summed E-state index contributed by atoms with van der Waals surface area (Å²) in [5.41, 5.74) is 7.21. The van der Waals surface area contributed by atoms with Gasteiger partial charge in [0.15, 0.2) is 0 Å². The van der Waals surface area contributed by atoms with Gasteiger partial charge in [-0.1, -0.05) is 18.2 Å². The van der Waals surface area contributed by atoms with E-state index in [1.54, 1.807) is 11.3 Å². The molecule has 1 aromatic carbocycles. The van der Waals surface area contributed by atoms with E-state index in [0.717, 1.165) is 31.7 Å². The second kappa shape index (κ2) is 5.08. The number of nitrogens with one attached hydrogen (secondary N) is 2. The van der Waals surface area contributed by atoms with Crippen molar-refractivity contribution in [2.24, 2.45) is 0 Å². The van der Waals surface area contributed by atoms with E-state index in [0.29, 0.717) is 0 Å². The summed E-state index contributed by atoms with van der Waals surface area (Å²) in [6, 6.07) is 6.57. The molecule has 0 unspecified atom stereocenters. The van der Waals surface area contributed by atoms with Crippen LogP contribution in [0.15, 0.2) is 23.7 Å². The highest BCUT2D eigenvalue weighted by Gasteiger charge is 2.13. The first-order valence-electron chi connectivity index (χ1n) is 6.29. The number of anilines is 1. The first-order valence-corrected chi connectivity index (χ1v) is 7.17. The molecule has 0 bridgehead atoms. The molecule has 3 nitrogen and oxygen atoms in total. The molecule has 1 aliphatic heterocycles. The van der Waals surface area contributed by atoms with Gasteiger partial charge in [0.1, 0.15) is 0 Å². The average molecular weight is 259 g/mol. The smallest absolute Gasteiger partial charge is 0.0798 e. The van der Waals surface area contributed by atoms with Gasteiger partial charge in [-0.15, -0.1) is 11.3 Å². The molecule has 0 aliphatic carbocycles. The zero-order valence-corrected chi connectivity index (χ0v) is 11.3. The molecule has 0 saturated carbocycles. The Morgan fingerprint density at radius 2 is 2.33 bits per heavy atom. The lowest BCUT2D eigenvalue weighted by Crippen LogP contribution is -2.13. The zero-order chi connectivity index (χ0) is 12.4. The molecular weight excluding hydrogens is 242 g/mol. The van der Waals surface area contributed by atoms with Crippen LogP contribution in [0.1, 0.15) is 21.7 Å². The van der Waals surface area contributed by atoms with E-state index in [2.05, 4.69) is 40.7 Å². The lowest BCUT2D eigenvalue weighted by Gasteiger charge is -2.09. The number of para-hydroxylation sites is 1. The Morgan fingerprint density at radius 1 is 1.39 bits per heavy atom. The maximum Gasteiger partial charge on any atom is 0.0798 e. The number of aryl methyl sites for hydroxylation is 1. The maximum absolute atomic E-state index is 4.27. The average Bonchev–Trinajstić information content (AvgIpc) is 2.99. The van der Waals surface area contributed by atoms with Gasteiger partial charge in [0.25, 0.3) is 0 Å².